The van der Waals surface area contributed by atoms with Gasteiger partial charge < -0.3 is 24.2 Å². The van der Waals surface area contributed by atoms with Gasteiger partial charge in [-0.1, -0.05) is 133 Å². The van der Waals surface area contributed by atoms with E-state index in [4.69, 9.17) is 14.2 Å². The molecule has 5 aromatic carbocycles. The van der Waals surface area contributed by atoms with E-state index in [2.05, 4.69) is 36.4 Å². The Morgan fingerprint density at radius 3 is 1.70 bits per heavy atom. The standard InChI is InChI=1S/C40H39NO5/c1-29-38(42)37(31-23-25-35(44-2)26-24-31)36(27-41(29)39(43)45-28-30-15-7-3-8-16-30)46-40(32-17-9-4-10-18-32,33-19-11-5-12-20-33)34-21-13-6-14-22-34/h3-26,29,36-38,42H,27-28H2,1-2H3/t29?,36-,37+,38+/m1/s1. The minimum Gasteiger partial charge on any atom is -0.497 e. The maximum atomic E-state index is 13.7. The Balaban J connectivity index is 1.46. The van der Waals surface area contributed by atoms with Crippen molar-refractivity contribution < 1.29 is 24.1 Å². The van der Waals surface area contributed by atoms with Crippen LogP contribution in [0, 0.1) is 0 Å². The molecule has 0 aliphatic carbocycles. The summed E-state index contributed by atoms with van der Waals surface area (Å²) in [5.41, 5.74) is 3.54. The molecule has 1 amide bonds. The summed E-state index contributed by atoms with van der Waals surface area (Å²) in [6.07, 6.45) is -2.08. The van der Waals surface area contributed by atoms with Gasteiger partial charge >= 0.3 is 6.09 Å². The summed E-state index contributed by atoms with van der Waals surface area (Å²) >= 11 is 0. The smallest absolute Gasteiger partial charge is 0.410 e. The zero-order valence-corrected chi connectivity index (χ0v) is 26.1. The molecule has 1 heterocycles. The molecule has 0 aromatic heterocycles. The van der Waals surface area contributed by atoms with Crippen molar-refractivity contribution in [2.75, 3.05) is 13.7 Å². The fourth-order valence-electron chi connectivity index (χ4n) is 6.52. The summed E-state index contributed by atoms with van der Waals surface area (Å²) in [5.74, 6) is 0.257. The van der Waals surface area contributed by atoms with Gasteiger partial charge in [-0.3, -0.25) is 0 Å². The number of hydrogen-bond acceptors (Lipinski definition) is 5. The Labute approximate surface area is 270 Å². The number of amides is 1. The maximum absolute atomic E-state index is 13.7. The van der Waals surface area contributed by atoms with E-state index in [1.54, 1.807) is 12.0 Å². The largest absolute Gasteiger partial charge is 0.497 e. The van der Waals surface area contributed by atoms with Crippen LogP contribution in [0.1, 0.15) is 40.7 Å². The van der Waals surface area contributed by atoms with Crippen molar-refractivity contribution in [1.82, 2.24) is 4.90 Å². The van der Waals surface area contributed by atoms with E-state index in [-0.39, 0.29) is 13.2 Å². The quantitative estimate of drug-likeness (QED) is 0.174. The van der Waals surface area contributed by atoms with Crippen molar-refractivity contribution in [1.29, 1.82) is 0 Å². The number of methoxy groups -OCH3 is 1. The molecule has 0 saturated carbocycles. The van der Waals surface area contributed by atoms with Crippen LogP contribution < -0.4 is 4.74 Å². The lowest BCUT2D eigenvalue weighted by Gasteiger charge is -2.49. The van der Waals surface area contributed by atoms with Crippen LogP contribution in [-0.2, 0) is 21.7 Å². The molecule has 1 saturated heterocycles. The summed E-state index contributed by atoms with van der Waals surface area (Å²) in [5, 5.41) is 12.0. The van der Waals surface area contributed by atoms with Gasteiger partial charge in [-0.2, -0.15) is 0 Å². The molecule has 6 rings (SSSR count). The van der Waals surface area contributed by atoms with E-state index < -0.39 is 35.9 Å². The molecule has 1 fully saturated rings. The van der Waals surface area contributed by atoms with Crippen LogP contribution in [0.15, 0.2) is 146 Å². The SMILES string of the molecule is COc1ccc([C@H]2[C@H](OC(c3ccccc3)(c3ccccc3)c3ccccc3)CN(C(=O)OCc3ccccc3)C(C)[C@@H]2O)cc1. The third kappa shape index (κ3) is 6.27. The number of likely N-dealkylation sites (tertiary alicyclic amines) is 1. The molecule has 4 atom stereocenters. The number of nitrogens with zero attached hydrogens (tertiary/aromatic N) is 1. The number of carbonyl (C=O) groups is 1. The summed E-state index contributed by atoms with van der Waals surface area (Å²) in [7, 11) is 1.63. The molecule has 234 valence electrons. The second-order valence-corrected chi connectivity index (χ2v) is 11.7. The molecular formula is C40H39NO5. The number of hydrogen-bond donors (Lipinski definition) is 1. The van der Waals surface area contributed by atoms with Gasteiger partial charge in [0, 0.05) is 5.92 Å². The number of rotatable bonds is 9. The van der Waals surface area contributed by atoms with Crippen molar-refractivity contribution >= 4 is 6.09 Å². The van der Waals surface area contributed by atoms with E-state index in [1.807, 2.05) is 116 Å². The average Bonchev–Trinajstić information content (AvgIpc) is 3.12. The minimum atomic E-state index is -1.06. The van der Waals surface area contributed by atoms with Crippen molar-refractivity contribution in [3.63, 3.8) is 0 Å². The van der Waals surface area contributed by atoms with E-state index in [1.165, 1.54) is 0 Å². The zero-order chi connectivity index (χ0) is 31.9. The van der Waals surface area contributed by atoms with E-state index in [9.17, 15) is 9.90 Å². The third-order valence-electron chi connectivity index (χ3n) is 8.94. The van der Waals surface area contributed by atoms with Gasteiger partial charge in [-0.25, -0.2) is 4.79 Å². The van der Waals surface area contributed by atoms with Crippen molar-refractivity contribution in [3.8, 4) is 5.75 Å². The molecule has 46 heavy (non-hydrogen) atoms. The lowest BCUT2D eigenvalue weighted by atomic mass is 9.77. The zero-order valence-electron chi connectivity index (χ0n) is 26.1. The van der Waals surface area contributed by atoms with Crippen LogP contribution in [0.3, 0.4) is 0 Å². The summed E-state index contributed by atoms with van der Waals surface area (Å²) in [6.45, 7) is 2.20. The van der Waals surface area contributed by atoms with Gasteiger partial charge in [0.05, 0.1) is 31.9 Å². The predicted octanol–water partition coefficient (Wildman–Crippen LogP) is 7.56. The first-order valence-electron chi connectivity index (χ1n) is 15.6. The van der Waals surface area contributed by atoms with Gasteiger partial charge in [0.25, 0.3) is 0 Å². The monoisotopic (exact) mass is 613 g/mol. The van der Waals surface area contributed by atoms with E-state index in [0.717, 1.165) is 33.6 Å². The number of aliphatic hydroxyl groups is 1. The molecule has 1 N–H and O–H groups in total. The normalized spacial score (nSPS) is 19.8. The van der Waals surface area contributed by atoms with Gasteiger partial charge in [0.1, 0.15) is 18.0 Å². The molecule has 6 heteroatoms. The van der Waals surface area contributed by atoms with Gasteiger partial charge in [-0.15, -0.1) is 0 Å². The van der Waals surface area contributed by atoms with E-state index in [0.29, 0.717) is 0 Å². The summed E-state index contributed by atoms with van der Waals surface area (Å²) in [4.78, 5) is 15.3. The third-order valence-corrected chi connectivity index (χ3v) is 8.94. The second kappa shape index (κ2) is 14.0. The number of piperidine rings is 1. The molecule has 0 radical (unpaired) electrons. The molecule has 1 aliphatic rings. The van der Waals surface area contributed by atoms with Gasteiger partial charge in [0.2, 0.25) is 0 Å². The van der Waals surface area contributed by atoms with Crippen molar-refractivity contribution in [3.05, 3.63) is 173 Å². The second-order valence-electron chi connectivity index (χ2n) is 11.7. The molecule has 1 unspecified atom stereocenters. The van der Waals surface area contributed by atoms with E-state index >= 15 is 0 Å². The van der Waals surface area contributed by atoms with Crippen LogP contribution in [0.2, 0.25) is 0 Å². The Morgan fingerprint density at radius 1 is 0.739 bits per heavy atom. The van der Waals surface area contributed by atoms with Gasteiger partial charge in [-0.05, 0) is 46.9 Å². The van der Waals surface area contributed by atoms with Crippen LogP contribution in [0.4, 0.5) is 4.79 Å². The highest BCUT2D eigenvalue weighted by Gasteiger charge is 2.49. The van der Waals surface area contributed by atoms with Crippen molar-refractivity contribution in [2.24, 2.45) is 0 Å². The topological polar surface area (TPSA) is 68.2 Å². The number of aliphatic hydroxyl groups excluding tert-OH is 1. The van der Waals surface area contributed by atoms with Crippen molar-refractivity contribution in [2.45, 2.75) is 43.3 Å². The first kappa shape index (κ1) is 31.1. The number of ether oxygens (including phenoxy) is 3. The number of benzene rings is 5. The minimum absolute atomic E-state index is 0.133. The average molecular weight is 614 g/mol. The highest BCUT2D eigenvalue weighted by atomic mass is 16.6. The summed E-state index contributed by atoms with van der Waals surface area (Å²) in [6, 6.07) is 47.2. The molecule has 0 spiro atoms. The maximum Gasteiger partial charge on any atom is 0.410 e. The van der Waals surface area contributed by atoms with Gasteiger partial charge in [0.15, 0.2) is 0 Å². The molecule has 5 aromatic rings. The predicted molar refractivity (Wildman–Crippen MR) is 179 cm³/mol. The first-order valence-corrected chi connectivity index (χ1v) is 15.6. The Bertz CT molecular complexity index is 1580. The molecule has 6 nitrogen and oxygen atoms in total. The van der Waals surface area contributed by atoms with Crippen LogP contribution in [0.25, 0.3) is 0 Å². The molecular weight excluding hydrogens is 574 g/mol. The van der Waals surface area contributed by atoms with Crippen LogP contribution in [0.5, 0.6) is 5.75 Å². The Hall–Kier alpha value is -4.91. The highest BCUT2D eigenvalue weighted by Crippen LogP contribution is 2.45. The molecule has 0 bridgehead atoms. The molecule has 1 aliphatic heterocycles. The fourth-order valence-corrected chi connectivity index (χ4v) is 6.52. The number of carbonyl (C=O) groups excluding carboxylic acids is 1. The Morgan fingerprint density at radius 2 is 1.22 bits per heavy atom. The van der Waals surface area contributed by atoms with Crippen LogP contribution in [-0.4, -0.2) is 48.0 Å². The lowest BCUT2D eigenvalue weighted by molar-refractivity contribution is -0.127. The van der Waals surface area contributed by atoms with Crippen LogP contribution >= 0.6 is 0 Å². The fraction of sp³-hybridized carbons (Fsp3) is 0.225. The lowest BCUT2D eigenvalue weighted by Crippen LogP contribution is -2.60. The Kier molecular flexibility index (Phi) is 9.48. The summed E-state index contributed by atoms with van der Waals surface area (Å²) < 4.78 is 18.7. The highest BCUT2D eigenvalue weighted by molar-refractivity contribution is 5.68. The first-order chi connectivity index (χ1) is 22.5.